The first kappa shape index (κ1) is 14.8. The fourth-order valence-corrected chi connectivity index (χ4v) is 2.88. The largest absolute Gasteiger partial charge is 0.392 e. The van der Waals surface area contributed by atoms with Crippen LogP contribution in [0.4, 0.5) is 0 Å². The molecule has 0 spiro atoms. The van der Waals surface area contributed by atoms with E-state index < -0.39 is 10.0 Å². The number of hydrogen-bond acceptors (Lipinski definition) is 4. The number of likely N-dealkylation sites (N-methyl/N-ethyl adjacent to an activating group) is 1. The smallest absolute Gasteiger partial charge is 0.260 e. The zero-order valence-corrected chi connectivity index (χ0v) is 11.4. The van der Waals surface area contributed by atoms with Crippen LogP contribution < -0.4 is 0 Å². The van der Waals surface area contributed by atoms with Gasteiger partial charge in [-0.1, -0.05) is 25.1 Å². The van der Waals surface area contributed by atoms with E-state index in [1.54, 1.807) is 19.9 Å². The van der Waals surface area contributed by atoms with Crippen molar-refractivity contribution in [3.63, 3.8) is 0 Å². The highest BCUT2D eigenvalue weighted by atomic mass is 32.2. The van der Waals surface area contributed by atoms with E-state index >= 15 is 0 Å². The normalized spacial score (nSPS) is 11.8. The van der Waals surface area contributed by atoms with Crippen LogP contribution in [-0.4, -0.2) is 35.9 Å². The second-order valence-electron chi connectivity index (χ2n) is 4.05. The molecule has 6 heteroatoms. The summed E-state index contributed by atoms with van der Waals surface area (Å²) in [5, 5.41) is 8.88. The lowest BCUT2D eigenvalue weighted by Gasteiger charge is -2.19. The Morgan fingerprint density at radius 3 is 2.56 bits per heavy atom. The zero-order valence-electron chi connectivity index (χ0n) is 10.6. The number of hydrogen-bond donors (Lipinski definition) is 1. The summed E-state index contributed by atoms with van der Waals surface area (Å²) in [6.45, 7) is 7.75. The highest BCUT2D eigenvalue weighted by Crippen LogP contribution is 2.14. The van der Waals surface area contributed by atoms with Crippen molar-refractivity contribution in [2.24, 2.45) is 0 Å². The quantitative estimate of drug-likeness (QED) is 0.787. The lowest BCUT2D eigenvalue weighted by atomic mass is 10.3. The molecule has 100 valence electrons. The monoisotopic (exact) mass is 270 g/mol. The Kier molecular flexibility index (Phi) is 5.01. The maximum atomic E-state index is 12.3. The third-order valence-corrected chi connectivity index (χ3v) is 4.22. The summed E-state index contributed by atoms with van der Waals surface area (Å²) in [6.07, 6.45) is 1.36. The van der Waals surface area contributed by atoms with E-state index in [4.69, 9.17) is 5.11 Å². The first-order valence-corrected chi connectivity index (χ1v) is 7.06. The molecule has 0 amide bonds. The van der Waals surface area contributed by atoms with E-state index in [9.17, 15) is 8.42 Å². The molecule has 1 aromatic heterocycles. The summed E-state index contributed by atoms with van der Waals surface area (Å²) in [5.74, 6) is 0. The van der Waals surface area contributed by atoms with E-state index in [1.807, 2.05) is 0 Å². The molecular formula is C12H18N2O3S. The van der Waals surface area contributed by atoms with Gasteiger partial charge in [0.1, 0.15) is 0 Å². The molecule has 0 saturated carbocycles. The summed E-state index contributed by atoms with van der Waals surface area (Å²) in [7, 11) is -3.59. The molecule has 0 saturated heterocycles. The lowest BCUT2D eigenvalue weighted by Crippen LogP contribution is -2.32. The number of aliphatic hydroxyl groups excluding tert-OH is 1. The molecule has 0 unspecified atom stereocenters. The molecule has 0 fully saturated rings. The maximum Gasteiger partial charge on any atom is 0.260 e. The Morgan fingerprint density at radius 1 is 1.50 bits per heavy atom. The van der Waals surface area contributed by atoms with E-state index in [0.29, 0.717) is 12.1 Å². The molecule has 0 aliphatic rings. The number of rotatable bonds is 6. The van der Waals surface area contributed by atoms with Crippen molar-refractivity contribution >= 4 is 10.0 Å². The molecule has 0 aliphatic carbocycles. The molecule has 0 aromatic carbocycles. The van der Waals surface area contributed by atoms with E-state index in [1.165, 1.54) is 16.6 Å². The van der Waals surface area contributed by atoms with Gasteiger partial charge in [-0.3, -0.25) is 0 Å². The summed E-state index contributed by atoms with van der Waals surface area (Å²) in [6, 6.07) is 2.95. The van der Waals surface area contributed by atoms with Crippen molar-refractivity contribution in [3.05, 3.63) is 36.0 Å². The van der Waals surface area contributed by atoms with Gasteiger partial charge in [-0.05, 0) is 18.6 Å². The maximum absolute atomic E-state index is 12.3. The molecule has 0 radical (unpaired) electrons. The van der Waals surface area contributed by atoms with Crippen molar-refractivity contribution in [1.29, 1.82) is 0 Å². The zero-order chi connectivity index (χ0) is 13.8. The van der Waals surface area contributed by atoms with Crippen LogP contribution in [0.3, 0.4) is 0 Å². The van der Waals surface area contributed by atoms with E-state index in [2.05, 4.69) is 11.6 Å². The molecular weight excluding hydrogens is 252 g/mol. The van der Waals surface area contributed by atoms with Crippen LogP contribution in [0.2, 0.25) is 0 Å². The summed E-state index contributed by atoms with van der Waals surface area (Å²) in [4.78, 5) is 3.88. The van der Waals surface area contributed by atoms with Gasteiger partial charge in [-0.2, -0.15) is 4.31 Å². The Balaban J connectivity index is 3.06. The van der Waals surface area contributed by atoms with Crippen molar-refractivity contribution in [3.8, 4) is 0 Å². The molecule has 1 N–H and O–H groups in total. The number of aromatic nitrogens is 1. The molecule has 0 bridgehead atoms. The van der Waals surface area contributed by atoms with Crippen LogP contribution in [-0.2, 0) is 16.6 Å². The molecule has 18 heavy (non-hydrogen) atoms. The van der Waals surface area contributed by atoms with Gasteiger partial charge < -0.3 is 5.11 Å². The van der Waals surface area contributed by atoms with E-state index in [0.717, 1.165) is 5.57 Å². The molecule has 1 rings (SSSR count). The number of sulfonamides is 1. The van der Waals surface area contributed by atoms with Gasteiger partial charge in [0.25, 0.3) is 10.0 Å². The van der Waals surface area contributed by atoms with Gasteiger partial charge in [-0.25, -0.2) is 13.4 Å². The molecule has 0 aliphatic heterocycles. The average Bonchev–Trinajstić information content (AvgIpc) is 2.35. The first-order chi connectivity index (χ1) is 8.41. The average molecular weight is 270 g/mol. The Bertz CT molecular complexity index is 509. The van der Waals surface area contributed by atoms with Crippen molar-refractivity contribution in [2.75, 3.05) is 13.1 Å². The predicted octanol–water partition coefficient (Wildman–Crippen LogP) is 1.16. The molecule has 1 heterocycles. The SMILES string of the molecule is C=C(C)CN(CC)S(=O)(=O)c1ccc(CO)cn1. The van der Waals surface area contributed by atoms with Gasteiger partial charge in [-0.15, -0.1) is 0 Å². The summed E-state index contributed by atoms with van der Waals surface area (Å²) >= 11 is 0. The number of pyridine rings is 1. The van der Waals surface area contributed by atoms with Crippen LogP contribution in [0, 0.1) is 0 Å². The second kappa shape index (κ2) is 6.08. The fraction of sp³-hybridized carbons (Fsp3) is 0.417. The highest BCUT2D eigenvalue weighted by molar-refractivity contribution is 7.89. The minimum atomic E-state index is -3.59. The van der Waals surface area contributed by atoms with Crippen LogP contribution in [0.15, 0.2) is 35.5 Å². The Labute approximate surface area is 108 Å². The highest BCUT2D eigenvalue weighted by Gasteiger charge is 2.24. The van der Waals surface area contributed by atoms with Crippen LogP contribution in [0.1, 0.15) is 19.4 Å². The topological polar surface area (TPSA) is 70.5 Å². The standard InChI is InChI=1S/C12H18N2O3S/c1-4-14(8-10(2)3)18(16,17)12-6-5-11(9-15)7-13-12/h5-7,15H,2,4,8-9H2,1,3H3. The Morgan fingerprint density at radius 2 is 2.17 bits per heavy atom. The minimum Gasteiger partial charge on any atom is -0.392 e. The van der Waals surface area contributed by atoms with Gasteiger partial charge in [0.15, 0.2) is 5.03 Å². The lowest BCUT2D eigenvalue weighted by molar-refractivity contribution is 0.281. The van der Waals surface area contributed by atoms with Crippen molar-refractivity contribution < 1.29 is 13.5 Å². The predicted molar refractivity (Wildman–Crippen MR) is 69.4 cm³/mol. The minimum absolute atomic E-state index is 0.0113. The summed E-state index contributed by atoms with van der Waals surface area (Å²) < 4.78 is 25.8. The van der Waals surface area contributed by atoms with Crippen LogP contribution >= 0.6 is 0 Å². The van der Waals surface area contributed by atoms with E-state index in [-0.39, 0.29) is 18.2 Å². The van der Waals surface area contributed by atoms with Gasteiger partial charge >= 0.3 is 0 Å². The fourth-order valence-electron chi connectivity index (χ4n) is 1.46. The van der Waals surface area contributed by atoms with Gasteiger partial charge in [0.05, 0.1) is 6.61 Å². The number of nitrogens with zero attached hydrogens (tertiary/aromatic N) is 2. The second-order valence-corrected chi connectivity index (χ2v) is 5.94. The Hall–Kier alpha value is -1.24. The van der Waals surface area contributed by atoms with Gasteiger partial charge in [0.2, 0.25) is 0 Å². The molecule has 5 nitrogen and oxygen atoms in total. The van der Waals surface area contributed by atoms with Crippen molar-refractivity contribution in [2.45, 2.75) is 25.5 Å². The third kappa shape index (κ3) is 3.38. The molecule has 0 atom stereocenters. The van der Waals surface area contributed by atoms with Crippen molar-refractivity contribution in [1.82, 2.24) is 9.29 Å². The molecule has 1 aromatic rings. The van der Waals surface area contributed by atoms with Gasteiger partial charge in [0, 0.05) is 19.3 Å². The first-order valence-electron chi connectivity index (χ1n) is 5.62. The van der Waals surface area contributed by atoms with Crippen LogP contribution in [0.5, 0.6) is 0 Å². The van der Waals surface area contributed by atoms with Crippen LogP contribution in [0.25, 0.3) is 0 Å². The number of aliphatic hydroxyl groups is 1. The summed E-state index contributed by atoms with van der Waals surface area (Å²) in [5.41, 5.74) is 1.35. The third-order valence-electron chi connectivity index (χ3n) is 2.38.